The molecular weight excluding hydrogens is 306 g/mol. The number of rotatable bonds is 4. The highest BCUT2D eigenvalue weighted by molar-refractivity contribution is 6.04. The summed E-state index contributed by atoms with van der Waals surface area (Å²) in [6.45, 7) is 3.33. The predicted molar refractivity (Wildman–Crippen MR) is 90.0 cm³/mol. The monoisotopic (exact) mass is 327 g/mol. The zero-order chi connectivity index (χ0) is 17.1. The van der Waals surface area contributed by atoms with Gasteiger partial charge in [0.05, 0.1) is 0 Å². The zero-order valence-corrected chi connectivity index (χ0v) is 13.7. The van der Waals surface area contributed by atoms with Gasteiger partial charge in [0, 0.05) is 19.5 Å². The van der Waals surface area contributed by atoms with E-state index >= 15 is 0 Å². The summed E-state index contributed by atoms with van der Waals surface area (Å²) in [6, 6.07) is 7.33. The van der Waals surface area contributed by atoms with Crippen LogP contribution in [-0.2, 0) is 9.59 Å². The predicted octanol–water partition coefficient (Wildman–Crippen LogP) is 1.60. The minimum Gasteiger partial charge on any atom is -0.339 e. The van der Waals surface area contributed by atoms with Crippen LogP contribution in [0.25, 0.3) is 5.57 Å². The maximum atomic E-state index is 12.3. The van der Waals surface area contributed by atoms with Gasteiger partial charge in [-0.25, -0.2) is 4.79 Å². The second kappa shape index (κ2) is 6.86. The number of nitrogens with zero attached hydrogens (tertiary/aromatic N) is 1. The molecule has 6 nitrogen and oxygen atoms in total. The molecular formula is C18H21N3O3. The Balaban J connectivity index is 1.52. The maximum Gasteiger partial charge on any atom is 0.322 e. The maximum absolute atomic E-state index is 12.3. The van der Waals surface area contributed by atoms with Crippen LogP contribution in [0.5, 0.6) is 0 Å². The molecule has 4 amide bonds. The molecule has 0 saturated carbocycles. The molecule has 1 aromatic carbocycles. The van der Waals surface area contributed by atoms with E-state index in [-0.39, 0.29) is 18.2 Å². The van der Waals surface area contributed by atoms with Crippen LogP contribution in [0.15, 0.2) is 30.3 Å². The molecule has 24 heavy (non-hydrogen) atoms. The van der Waals surface area contributed by atoms with Crippen LogP contribution in [0.2, 0.25) is 0 Å². The number of hydrogen-bond donors (Lipinski definition) is 2. The van der Waals surface area contributed by atoms with Crippen molar-refractivity contribution in [2.45, 2.75) is 32.2 Å². The van der Waals surface area contributed by atoms with Gasteiger partial charge < -0.3 is 10.2 Å². The third-order valence-corrected chi connectivity index (χ3v) is 4.49. The molecule has 0 bridgehead atoms. The highest BCUT2D eigenvalue weighted by atomic mass is 16.2. The molecule has 0 aliphatic carbocycles. The minimum absolute atomic E-state index is 0.0168. The lowest BCUT2D eigenvalue weighted by Gasteiger charge is -2.27. The first-order valence-electron chi connectivity index (χ1n) is 8.18. The molecule has 2 aliphatic rings. The van der Waals surface area contributed by atoms with Crippen molar-refractivity contribution < 1.29 is 14.4 Å². The zero-order valence-electron chi connectivity index (χ0n) is 13.7. The smallest absolute Gasteiger partial charge is 0.322 e. The quantitative estimate of drug-likeness (QED) is 0.825. The summed E-state index contributed by atoms with van der Waals surface area (Å²) in [5.74, 6) is -0.337. The number of amides is 4. The van der Waals surface area contributed by atoms with Gasteiger partial charge in [-0.05, 0) is 30.9 Å². The van der Waals surface area contributed by atoms with E-state index in [9.17, 15) is 14.4 Å². The SMILES string of the molecule is Cc1ccc(C2=CCN(C(=O)CCC3NC(=O)NC3=O)CC2)cc1. The van der Waals surface area contributed by atoms with Gasteiger partial charge in [0.1, 0.15) is 6.04 Å². The summed E-state index contributed by atoms with van der Waals surface area (Å²) < 4.78 is 0. The number of carbonyl (C=O) groups excluding carboxylic acids is 3. The van der Waals surface area contributed by atoms with Gasteiger partial charge in [-0.2, -0.15) is 0 Å². The largest absolute Gasteiger partial charge is 0.339 e. The van der Waals surface area contributed by atoms with E-state index in [2.05, 4.69) is 47.9 Å². The van der Waals surface area contributed by atoms with Crippen molar-refractivity contribution in [1.82, 2.24) is 15.5 Å². The number of nitrogens with one attached hydrogen (secondary N) is 2. The summed E-state index contributed by atoms with van der Waals surface area (Å²) in [5, 5.41) is 4.69. The Morgan fingerprint density at radius 2 is 2.00 bits per heavy atom. The highest BCUT2D eigenvalue weighted by Gasteiger charge is 2.30. The molecule has 1 unspecified atom stereocenters. The summed E-state index contributed by atoms with van der Waals surface area (Å²) in [4.78, 5) is 36.6. The average Bonchev–Trinajstić information content (AvgIpc) is 2.91. The Bertz CT molecular complexity index is 694. The van der Waals surface area contributed by atoms with E-state index in [4.69, 9.17) is 0 Å². The van der Waals surface area contributed by atoms with Crippen LogP contribution in [-0.4, -0.2) is 41.9 Å². The molecule has 1 saturated heterocycles. The molecule has 1 aromatic rings. The molecule has 1 atom stereocenters. The Kier molecular flexibility index (Phi) is 4.64. The molecule has 2 aliphatic heterocycles. The summed E-state index contributed by atoms with van der Waals surface area (Å²) in [7, 11) is 0. The van der Waals surface area contributed by atoms with Crippen molar-refractivity contribution in [3.05, 3.63) is 41.5 Å². The van der Waals surface area contributed by atoms with Gasteiger partial charge in [0.25, 0.3) is 5.91 Å². The number of imide groups is 1. The second-order valence-corrected chi connectivity index (χ2v) is 6.24. The fourth-order valence-corrected chi connectivity index (χ4v) is 3.01. The Labute approximate surface area is 140 Å². The van der Waals surface area contributed by atoms with Crippen molar-refractivity contribution in [1.29, 1.82) is 0 Å². The lowest BCUT2D eigenvalue weighted by atomic mass is 9.98. The molecule has 6 heteroatoms. The Morgan fingerprint density at radius 3 is 2.58 bits per heavy atom. The second-order valence-electron chi connectivity index (χ2n) is 6.24. The lowest BCUT2D eigenvalue weighted by Crippen LogP contribution is -2.36. The molecule has 1 fully saturated rings. The third-order valence-electron chi connectivity index (χ3n) is 4.49. The number of benzene rings is 1. The lowest BCUT2D eigenvalue weighted by molar-refractivity contribution is -0.131. The van der Waals surface area contributed by atoms with Crippen LogP contribution >= 0.6 is 0 Å². The van der Waals surface area contributed by atoms with E-state index in [1.807, 2.05) is 0 Å². The topological polar surface area (TPSA) is 78.5 Å². The van der Waals surface area contributed by atoms with E-state index in [0.717, 1.165) is 6.42 Å². The molecule has 3 rings (SSSR count). The van der Waals surface area contributed by atoms with Gasteiger partial charge in [0.2, 0.25) is 5.91 Å². The van der Waals surface area contributed by atoms with Gasteiger partial charge >= 0.3 is 6.03 Å². The first-order chi connectivity index (χ1) is 11.5. The van der Waals surface area contributed by atoms with Crippen molar-refractivity contribution in [2.75, 3.05) is 13.1 Å². The highest BCUT2D eigenvalue weighted by Crippen LogP contribution is 2.23. The number of carbonyl (C=O) groups is 3. The first-order valence-corrected chi connectivity index (χ1v) is 8.18. The molecule has 126 valence electrons. The summed E-state index contributed by atoms with van der Waals surface area (Å²) in [5.41, 5.74) is 3.70. The van der Waals surface area contributed by atoms with Crippen molar-refractivity contribution >= 4 is 23.4 Å². The molecule has 2 heterocycles. The van der Waals surface area contributed by atoms with Crippen LogP contribution in [0.4, 0.5) is 4.79 Å². The van der Waals surface area contributed by atoms with Gasteiger partial charge in [-0.1, -0.05) is 35.9 Å². The van der Waals surface area contributed by atoms with Gasteiger partial charge in [-0.15, -0.1) is 0 Å². The molecule has 0 aromatic heterocycles. The normalized spacial score (nSPS) is 20.5. The fraction of sp³-hybridized carbons (Fsp3) is 0.389. The average molecular weight is 327 g/mol. The van der Waals surface area contributed by atoms with E-state index < -0.39 is 12.1 Å². The number of urea groups is 1. The van der Waals surface area contributed by atoms with Gasteiger partial charge in [-0.3, -0.25) is 14.9 Å². The van der Waals surface area contributed by atoms with E-state index in [1.54, 1.807) is 4.90 Å². The van der Waals surface area contributed by atoms with Crippen LogP contribution < -0.4 is 10.6 Å². The van der Waals surface area contributed by atoms with E-state index in [1.165, 1.54) is 16.7 Å². The molecule has 0 radical (unpaired) electrons. The summed E-state index contributed by atoms with van der Waals surface area (Å²) >= 11 is 0. The number of aryl methyl sites for hydroxylation is 1. The minimum atomic E-state index is -0.593. The summed E-state index contributed by atoms with van der Waals surface area (Å²) in [6.07, 6.45) is 3.51. The standard InChI is InChI=1S/C18H21N3O3/c1-12-2-4-13(5-3-12)14-8-10-21(11-9-14)16(22)7-6-15-17(23)20-18(24)19-15/h2-5,8,15H,6-7,9-11H2,1H3,(H2,19,20,23,24). The fourth-order valence-electron chi connectivity index (χ4n) is 3.01. The van der Waals surface area contributed by atoms with Gasteiger partial charge in [0.15, 0.2) is 0 Å². The van der Waals surface area contributed by atoms with Crippen LogP contribution in [0.1, 0.15) is 30.4 Å². The van der Waals surface area contributed by atoms with E-state index in [0.29, 0.717) is 19.5 Å². The molecule has 0 spiro atoms. The van der Waals surface area contributed by atoms with Crippen LogP contribution in [0, 0.1) is 6.92 Å². The molecule has 2 N–H and O–H groups in total. The van der Waals surface area contributed by atoms with Crippen LogP contribution in [0.3, 0.4) is 0 Å². The van der Waals surface area contributed by atoms with Crippen molar-refractivity contribution in [3.63, 3.8) is 0 Å². The van der Waals surface area contributed by atoms with Crippen molar-refractivity contribution in [2.24, 2.45) is 0 Å². The number of hydrogen-bond acceptors (Lipinski definition) is 3. The first kappa shape index (κ1) is 16.2. The third kappa shape index (κ3) is 3.64. The Hall–Kier alpha value is -2.63. The van der Waals surface area contributed by atoms with Crippen molar-refractivity contribution in [3.8, 4) is 0 Å². The Morgan fingerprint density at radius 1 is 1.25 bits per heavy atom.